The third kappa shape index (κ3) is 5.33. The summed E-state index contributed by atoms with van der Waals surface area (Å²) in [6.45, 7) is 4.57. The highest BCUT2D eigenvalue weighted by Crippen LogP contribution is 2.29. The van der Waals surface area contributed by atoms with Gasteiger partial charge >= 0.3 is 0 Å². The van der Waals surface area contributed by atoms with Crippen molar-refractivity contribution in [1.82, 2.24) is 10.6 Å². The van der Waals surface area contributed by atoms with Gasteiger partial charge in [-0.1, -0.05) is 46.0 Å². The van der Waals surface area contributed by atoms with Crippen molar-refractivity contribution in [2.24, 2.45) is 17.8 Å². The van der Waals surface area contributed by atoms with Crippen molar-refractivity contribution < 1.29 is 14.4 Å². The van der Waals surface area contributed by atoms with Crippen molar-refractivity contribution in [3.63, 3.8) is 0 Å². The first kappa shape index (κ1) is 18.0. The molecule has 0 bridgehead atoms. The van der Waals surface area contributed by atoms with Crippen LogP contribution < -0.4 is 10.6 Å². The molecule has 3 unspecified atom stereocenters. The average molecular weight is 322 g/mol. The summed E-state index contributed by atoms with van der Waals surface area (Å²) in [6.07, 6.45) is 8.33. The Morgan fingerprint density at radius 2 is 1.70 bits per heavy atom. The van der Waals surface area contributed by atoms with Crippen LogP contribution in [0.4, 0.5) is 0 Å². The number of amides is 3. The second kappa shape index (κ2) is 8.46. The number of hydrogen-bond donors (Lipinski definition) is 2. The molecule has 2 rings (SSSR count). The van der Waals surface area contributed by atoms with E-state index in [9.17, 15) is 14.4 Å². The highest BCUT2D eigenvalue weighted by molar-refractivity contribution is 6.01. The van der Waals surface area contributed by atoms with Crippen LogP contribution in [0.15, 0.2) is 0 Å². The first-order valence-corrected chi connectivity index (χ1v) is 9.11. The van der Waals surface area contributed by atoms with Gasteiger partial charge in [0.15, 0.2) is 0 Å². The molecule has 2 N–H and O–H groups in total. The number of nitrogens with one attached hydrogen (secondary N) is 2. The fraction of sp³-hybridized carbons (Fsp3) is 0.833. The number of rotatable bonds is 3. The fourth-order valence-corrected chi connectivity index (χ4v) is 3.76. The molecule has 3 atom stereocenters. The molecule has 1 aliphatic carbocycles. The van der Waals surface area contributed by atoms with Crippen LogP contribution in [0.2, 0.25) is 0 Å². The van der Waals surface area contributed by atoms with Gasteiger partial charge in [-0.15, -0.1) is 0 Å². The topological polar surface area (TPSA) is 75.3 Å². The summed E-state index contributed by atoms with van der Waals surface area (Å²) >= 11 is 0. The van der Waals surface area contributed by atoms with E-state index in [-0.39, 0.29) is 23.6 Å². The first-order valence-electron chi connectivity index (χ1n) is 9.11. The predicted octanol–water partition coefficient (Wildman–Crippen LogP) is 2.54. The number of hydrogen-bond acceptors (Lipinski definition) is 3. The molecule has 3 amide bonds. The maximum absolute atomic E-state index is 12.5. The summed E-state index contributed by atoms with van der Waals surface area (Å²) in [5.41, 5.74) is 0. The van der Waals surface area contributed by atoms with Crippen molar-refractivity contribution in [2.45, 2.75) is 77.7 Å². The van der Waals surface area contributed by atoms with Gasteiger partial charge in [0.05, 0.1) is 0 Å². The van der Waals surface area contributed by atoms with Crippen LogP contribution in [0, 0.1) is 17.8 Å². The molecule has 0 aromatic rings. The van der Waals surface area contributed by atoms with Gasteiger partial charge in [-0.3, -0.25) is 19.7 Å². The second-order valence-electron chi connectivity index (χ2n) is 7.43. The Bertz CT molecular complexity index is 448. The lowest BCUT2D eigenvalue weighted by atomic mass is 9.87. The minimum Gasteiger partial charge on any atom is -0.344 e. The molecule has 2 fully saturated rings. The van der Waals surface area contributed by atoms with Crippen LogP contribution in [0.3, 0.4) is 0 Å². The lowest BCUT2D eigenvalue weighted by molar-refractivity contribution is -0.138. The molecule has 1 aliphatic heterocycles. The number of carbonyl (C=O) groups excluding carboxylic acids is 3. The maximum atomic E-state index is 12.5. The van der Waals surface area contributed by atoms with Crippen molar-refractivity contribution in [3.8, 4) is 0 Å². The van der Waals surface area contributed by atoms with E-state index in [2.05, 4.69) is 24.5 Å². The van der Waals surface area contributed by atoms with Gasteiger partial charge in [0, 0.05) is 12.3 Å². The molecule has 0 radical (unpaired) electrons. The Balaban J connectivity index is 1.86. The van der Waals surface area contributed by atoms with Crippen LogP contribution in [0.1, 0.15) is 71.6 Å². The summed E-state index contributed by atoms with van der Waals surface area (Å²) in [4.78, 5) is 35.5. The molecular weight excluding hydrogens is 292 g/mol. The van der Waals surface area contributed by atoms with E-state index in [0.29, 0.717) is 18.8 Å². The van der Waals surface area contributed by atoms with Crippen molar-refractivity contribution in [3.05, 3.63) is 0 Å². The third-order valence-corrected chi connectivity index (χ3v) is 5.37. The Labute approximate surface area is 139 Å². The van der Waals surface area contributed by atoms with E-state index in [4.69, 9.17) is 0 Å². The molecule has 0 aromatic heterocycles. The van der Waals surface area contributed by atoms with Crippen molar-refractivity contribution >= 4 is 17.7 Å². The van der Waals surface area contributed by atoms with E-state index in [0.717, 1.165) is 31.6 Å². The fourth-order valence-electron chi connectivity index (χ4n) is 3.76. The average Bonchev–Trinajstić information content (AvgIpc) is 2.61. The molecule has 5 heteroatoms. The van der Waals surface area contributed by atoms with Gasteiger partial charge in [0.25, 0.3) is 0 Å². The molecule has 2 aliphatic rings. The van der Waals surface area contributed by atoms with Gasteiger partial charge in [0.1, 0.15) is 6.04 Å². The minimum atomic E-state index is -0.545. The van der Waals surface area contributed by atoms with Crippen molar-refractivity contribution in [1.29, 1.82) is 0 Å². The number of imide groups is 1. The lowest BCUT2D eigenvalue weighted by Crippen LogP contribution is -2.53. The van der Waals surface area contributed by atoms with Crippen LogP contribution in [-0.2, 0) is 14.4 Å². The highest BCUT2D eigenvalue weighted by atomic mass is 16.2. The van der Waals surface area contributed by atoms with Gasteiger partial charge in [-0.05, 0) is 31.1 Å². The van der Waals surface area contributed by atoms with E-state index in [1.54, 1.807) is 0 Å². The molecule has 5 nitrogen and oxygen atoms in total. The second-order valence-corrected chi connectivity index (χ2v) is 7.43. The summed E-state index contributed by atoms with van der Waals surface area (Å²) < 4.78 is 0. The number of carbonyl (C=O) groups is 3. The molecule has 1 saturated carbocycles. The zero-order valence-corrected chi connectivity index (χ0v) is 14.4. The van der Waals surface area contributed by atoms with Crippen molar-refractivity contribution in [2.75, 3.05) is 0 Å². The lowest BCUT2D eigenvalue weighted by Gasteiger charge is -2.24. The van der Waals surface area contributed by atoms with Crippen LogP contribution in [-0.4, -0.2) is 23.8 Å². The Hall–Kier alpha value is -1.39. The highest BCUT2D eigenvalue weighted by Gasteiger charge is 2.30. The monoisotopic (exact) mass is 322 g/mol. The Kier molecular flexibility index (Phi) is 6.60. The molecule has 1 saturated heterocycles. The smallest absolute Gasteiger partial charge is 0.249 e. The largest absolute Gasteiger partial charge is 0.344 e. The molecular formula is C18H30N2O3. The van der Waals surface area contributed by atoms with Gasteiger partial charge < -0.3 is 5.32 Å². The summed E-state index contributed by atoms with van der Waals surface area (Å²) in [6, 6.07) is -0.545. The summed E-state index contributed by atoms with van der Waals surface area (Å²) in [7, 11) is 0. The Morgan fingerprint density at radius 3 is 2.39 bits per heavy atom. The minimum absolute atomic E-state index is 0.00587. The third-order valence-electron chi connectivity index (χ3n) is 5.37. The molecule has 0 spiro atoms. The number of piperidine rings is 1. The molecule has 130 valence electrons. The molecule has 23 heavy (non-hydrogen) atoms. The summed E-state index contributed by atoms with van der Waals surface area (Å²) in [5.74, 6) is 0.866. The SMILES string of the molecule is CC(C)C1CCCCC(C(=O)NC2CCC(=O)NC2=O)CCC1. The zero-order chi connectivity index (χ0) is 16.8. The Morgan fingerprint density at radius 1 is 1.04 bits per heavy atom. The van der Waals surface area contributed by atoms with E-state index < -0.39 is 6.04 Å². The predicted molar refractivity (Wildman–Crippen MR) is 88.5 cm³/mol. The van der Waals surface area contributed by atoms with Crippen LogP contribution in [0.25, 0.3) is 0 Å². The van der Waals surface area contributed by atoms with E-state index >= 15 is 0 Å². The van der Waals surface area contributed by atoms with Gasteiger partial charge in [-0.2, -0.15) is 0 Å². The van der Waals surface area contributed by atoms with Gasteiger partial charge in [0.2, 0.25) is 17.7 Å². The molecule has 1 heterocycles. The van der Waals surface area contributed by atoms with Gasteiger partial charge in [-0.25, -0.2) is 0 Å². The van der Waals surface area contributed by atoms with Crippen LogP contribution in [0.5, 0.6) is 0 Å². The quantitative estimate of drug-likeness (QED) is 0.784. The normalized spacial score (nSPS) is 30.1. The van der Waals surface area contributed by atoms with E-state index in [1.807, 2.05) is 0 Å². The van der Waals surface area contributed by atoms with E-state index in [1.165, 1.54) is 19.3 Å². The zero-order valence-electron chi connectivity index (χ0n) is 14.4. The van der Waals surface area contributed by atoms with Crippen LogP contribution >= 0.6 is 0 Å². The molecule has 0 aromatic carbocycles. The first-order chi connectivity index (χ1) is 11.0. The standard InChI is InChI=1S/C18H30N2O3/c1-12(2)13-6-3-4-7-14(9-5-8-13)17(22)19-15-10-11-16(21)20-18(15)23/h12-15H,3-11H2,1-2H3,(H,19,22)(H,20,21,23). The maximum Gasteiger partial charge on any atom is 0.249 e. The summed E-state index contributed by atoms with van der Waals surface area (Å²) in [5, 5.41) is 5.15.